The number of hydrogen-bond acceptors (Lipinski definition) is 2. The first kappa shape index (κ1) is 7.66. The molecule has 0 heterocycles. The summed E-state index contributed by atoms with van der Waals surface area (Å²) in [5.74, 6) is 0. The second kappa shape index (κ2) is 3.66. The summed E-state index contributed by atoms with van der Waals surface area (Å²) in [6.07, 6.45) is 0. The molecule has 0 aliphatic rings. The number of rotatable bonds is 1. The van der Waals surface area contributed by atoms with Gasteiger partial charge in [0.25, 0.3) is 0 Å². The summed E-state index contributed by atoms with van der Waals surface area (Å²) < 4.78 is 1.14. The Balaban J connectivity index is 3.00. The van der Waals surface area contributed by atoms with Gasteiger partial charge in [-0.05, 0) is 24.4 Å². The van der Waals surface area contributed by atoms with Gasteiger partial charge in [0.2, 0.25) is 0 Å². The Labute approximate surface area is 73.2 Å². The summed E-state index contributed by atoms with van der Waals surface area (Å²) in [5, 5.41) is 2.30. The van der Waals surface area contributed by atoms with Crippen molar-refractivity contribution >= 4 is 43.8 Å². The Morgan fingerprint density at radius 2 is 1.90 bits per heavy atom. The minimum Gasteiger partial charge on any atom is -0.195 e. The molecule has 1 rings (SSSR count). The molecule has 0 bridgehead atoms. The van der Waals surface area contributed by atoms with E-state index in [1.54, 1.807) is 0 Å². The van der Waals surface area contributed by atoms with Gasteiger partial charge in [-0.3, -0.25) is 0 Å². The standard InChI is InChI=1S/C7H4NS.Al/c9-6-8-7-4-2-1-3-5-7;/h2-5H;. The summed E-state index contributed by atoms with van der Waals surface area (Å²) in [4.78, 5) is 3.80. The third kappa shape index (κ3) is 2.06. The summed E-state index contributed by atoms with van der Waals surface area (Å²) in [6, 6.07) is 7.69. The smallest absolute Gasteiger partial charge is 0.175 e. The fourth-order valence-corrected chi connectivity index (χ4v) is 0.899. The van der Waals surface area contributed by atoms with Crippen molar-refractivity contribution in [3.05, 3.63) is 24.3 Å². The monoisotopic (exact) mass is 161 g/mol. The molecule has 0 saturated heterocycles. The Hall–Kier alpha value is -0.448. The van der Waals surface area contributed by atoms with Crippen molar-refractivity contribution in [2.24, 2.45) is 4.99 Å². The molecule has 2 radical (unpaired) electrons. The molecule has 0 amide bonds. The van der Waals surface area contributed by atoms with Crippen LogP contribution in [0.3, 0.4) is 0 Å². The zero-order chi connectivity index (χ0) is 7.40. The van der Waals surface area contributed by atoms with Crippen LogP contribution in [0, 0.1) is 0 Å². The Bertz CT molecular complexity index is 261. The van der Waals surface area contributed by atoms with Crippen molar-refractivity contribution in [2.75, 3.05) is 0 Å². The molecule has 0 atom stereocenters. The minimum absolute atomic E-state index is 0.848. The average Bonchev–Trinajstić information content (AvgIpc) is 1.95. The summed E-state index contributed by atoms with van der Waals surface area (Å²) in [5.41, 5.74) is 0.848. The summed E-state index contributed by atoms with van der Waals surface area (Å²) >= 11 is 7.04. The predicted molar refractivity (Wildman–Crippen MR) is 46.5 cm³/mol. The van der Waals surface area contributed by atoms with Gasteiger partial charge in [-0.2, -0.15) is 4.99 Å². The molecule has 1 aromatic rings. The van der Waals surface area contributed by atoms with Crippen LogP contribution in [0.1, 0.15) is 0 Å². The van der Waals surface area contributed by atoms with E-state index < -0.39 is 0 Å². The zero-order valence-corrected chi connectivity index (χ0v) is 7.21. The maximum absolute atomic E-state index is 4.44. The largest absolute Gasteiger partial charge is 0.195 e. The maximum Gasteiger partial charge on any atom is 0.175 e. The van der Waals surface area contributed by atoms with Gasteiger partial charge in [0.15, 0.2) is 16.3 Å². The van der Waals surface area contributed by atoms with Crippen LogP contribution in [0.25, 0.3) is 0 Å². The van der Waals surface area contributed by atoms with Crippen molar-refractivity contribution in [1.82, 2.24) is 0 Å². The predicted octanol–water partition coefficient (Wildman–Crippen LogP) is 1.21. The number of aliphatic imine (C=N–C) groups is 1. The fraction of sp³-hybridized carbons (Fsp3) is 0. The second-order valence-electron chi connectivity index (χ2n) is 1.79. The average molecular weight is 161 g/mol. The van der Waals surface area contributed by atoms with Crippen LogP contribution in [0.15, 0.2) is 29.3 Å². The van der Waals surface area contributed by atoms with Gasteiger partial charge in [-0.15, -0.1) is 4.43 Å². The van der Waals surface area contributed by atoms with Gasteiger partial charge in [-0.25, -0.2) is 0 Å². The maximum atomic E-state index is 4.44. The van der Waals surface area contributed by atoms with Crippen molar-refractivity contribution in [1.29, 1.82) is 0 Å². The third-order valence-corrected chi connectivity index (χ3v) is 1.54. The Morgan fingerprint density at radius 1 is 1.30 bits per heavy atom. The van der Waals surface area contributed by atoms with E-state index in [1.165, 1.54) is 0 Å². The molecule has 10 heavy (non-hydrogen) atoms. The van der Waals surface area contributed by atoms with Gasteiger partial charge in [0.1, 0.15) is 0 Å². The lowest BCUT2D eigenvalue weighted by molar-refractivity contribution is 1.57. The van der Waals surface area contributed by atoms with E-state index in [1.807, 2.05) is 24.3 Å². The summed E-state index contributed by atoms with van der Waals surface area (Å²) in [6.45, 7) is 0. The molecule has 0 fully saturated rings. The Morgan fingerprint density at radius 3 is 2.40 bits per heavy atom. The van der Waals surface area contributed by atoms with Crippen LogP contribution in [0.4, 0.5) is 5.69 Å². The second-order valence-corrected chi connectivity index (χ2v) is 2.64. The van der Waals surface area contributed by atoms with E-state index in [4.69, 9.17) is 0 Å². The first-order valence-electron chi connectivity index (χ1n) is 2.76. The molecule has 0 unspecified atom stereocenters. The quantitative estimate of drug-likeness (QED) is 0.342. The normalized spacial score (nSPS) is 8.40. The van der Waals surface area contributed by atoms with Crippen molar-refractivity contribution in [2.45, 2.75) is 0 Å². The van der Waals surface area contributed by atoms with Crippen molar-refractivity contribution in [3.63, 3.8) is 0 Å². The van der Waals surface area contributed by atoms with Crippen LogP contribution in [-0.4, -0.2) is 21.5 Å². The molecule has 1 aromatic carbocycles. The van der Waals surface area contributed by atoms with Crippen molar-refractivity contribution < 1.29 is 0 Å². The molecule has 0 N–H and O–H groups in total. The molecule has 0 aliphatic heterocycles. The SMILES string of the molecule is [Al][c]1ccc(N=C=S)cc1. The first-order valence-corrected chi connectivity index (χ1v) is 3.75. The third-order valence-electron chi connectivity index (χ3n) is 1.07. The molecular formula is C7H4AlNS. The fourth-order valence-electron chi connectivity index (χ4n) is 0.602. The molecular weight excluding hydrogens is 157 g/mol. The number of benzene rings is 1. The van der Waals surface area contributed by atoms with Crippen LogP contribution in [-0.2, 0) is 0 Å². The first-order chi connectivity index (χ1) is 4.83. The topological polar surface area (TPSA) is 12.4 Å². The van der Waals surface area contributed by atoms with Gasteiger partial charge in [0, 0.05) is 0 Å². The lowest BCUT2D eigenvalue weighted by Gasteiger charge is -1.91. The highest BCUT2D eigenvalue weighted by Gasteiger charge is 1.83. The van der Waals surface area contributed by atoms with E-state index >= 15 is 0 Å². The van der Waals surface area contributed by atoms with E-state index in [-0.39, 0.29) is 0 Å². The number of hydrogen-bond donors (Lipinski definition) is 0. The molecule has 0 aliphatic carbocycles. The Kier molecular flexibility index (Phi) is 2.80. The molecule has 46 valence electrons. The molecule has 0 spiro atoms. The highest BCUT2D eigenvalue weighted by molar-refractivity contribution is 7.78. The van der Waals surface area contributed by atoms with Gasteiger partial charge in [-0.1, -0.05) is 12.1 Å². The van der Waals surface area contributed by atoms with E-state index in [0.29, 0.717) is 0 Å². The number of nitrogens with zero attached hydrogens (tertiary/aromatic N) is 1. The zero-order valence-electron chi connectivity index (χ0n) is 5.24. The van der Waals surface area contributed by atoms with Crippen LogP contribution in [0.2, 0.25) is 0 Å². The van der Waals surface area contributed by atoms with Gasteiger partial charge >= 0.3 is 0 Å². The van der Waals surface area contributed by atoms with Crippen LogP contribution >= 0.6 is 12.2 Å². The lowest BCUT2D eigenvalue weighted by Crippen LogP contribution is -1.97. The number of isothiocyanates is 1. The van der Waals surface area contributed by atoms with E-state index in [9.17, 15) is 0 Å². The van der Waals surface area contributed by atoms with Gasteiger partial charge in [0.05, 0.1) is 10.8 Å². The van der Waals surface area contributed by atoms with E-state index in [0.717, 1.165) is 10.1 Å². The van der Waals surface area contributed by atoms with E-state index in [2.05, 4.69) is 38.7 Å². The molecule has 0 aromatic heterocycles. The molecule has 3 heteroatoms. The molecule has 1 nitrogen and oxygen atoms in total. The summed E-state index contributed by atoms with van der Waals surface area (Å²) in [7, 11) is 0. The van der Waals surface area contributed by atoms with Crippen molar-refractivity contribution in [3.8, 4) is 0 Å². The van der Waals surface area contributed by atoms with Crippen LogP contribution in [0.5, 0.6) is 0 Å². The lowest BCUT2D eigenvalue weighted by atomic mass is 10.3. The highest BCUT2D eigenvalue weighted by Crippen LogP contribution is 2.06. The van der Waals surface area contributed by atoms with Gasteiger partial charge < -0.3 is 0 Å². The minimum atomic E-state index is 0.848. The molecule has 0 saturated carbocycles. The number of thiocarbonyl (C=S) groups is 1. The van der Waals surface area contributed by atoms with Crippen LogP contribution < -0.4 is 4.43 Å². The highest BCUT2D eigenvalue weighted by atomic mass is 32.1.